The summed E-state index contributed by atoms with van der Waals surface area (Å²) in [6, 6.07) is 14.2. The molecule has 2 rings (SSSR count). The summed E-state index contributed by atoms with van der Waals surface area (Å²) >= 11 is 3.38. The molecule has 0 radical (unpaired) electrons. The van der Waals surface area contributed by atoms with E-state index in [4.69, 9.17) is 0 Å². The van der Waals surface area contributed by atoms with Crippen molar-refractivity contribution in [1.29, 1.82) is 0 Å². The Labute approximate surface area is 91.9 Å². The fraction of sp³-hybridized carbons (Fsp3) is 0.0833. The molecule has 1 heterocycles. The lowest BCUT2D eigenvalue weighted by atomic mass is 10.1. The van der Waals surface area contributed by atoms with E-state index in [1.54, 1.807) is 0 Å². The Balaban J connectivity index is 2.57. The number of benzene rings is 1. The largest absolute Gasteiger partial charge is 0.241 e. The van der Waals surface area contributed by atoms with E-state index in [0.717, 1.165) is 15.9 Å². The third-order valence-electron chi connectivity index (χ3n) is 2.11. The minimum absolute atomic E-state index is 0.877. The smallest absolute Gasteiger partial charge is 0.106 e. The molecule has 0 aliphatic heterocycles. The van der Waals surface area contributed by atoms with Crippen LogP contribution in [0.4, 0.5) is 0 Å². The van der Waals surface area contributed by atoms with E-state index in [1.165, 1.54) is 5.56 Å². The Morgan fingerprint density at radius 3 is 2.43 bits per heavy atom. The molecule has 0 spiro atoms. The van der Waals surface area contributed by atoms with E-state index in [-0.39, 0.29) is 0 Å². The summed E-state index contributed by atoms with van der Waals surface area (Å²) < 4.78 is 0.877. The summed E-state index contributed by atoms with van der Waals surface area (Å²) in [6.45, 7) is 2.07. The molecule has 0 aliphatic rings. The van der Waals surface area contributed by atoms with Gasteiger partial charge in [-0.3, -0.25) is 0 Å². The first kappa shape index (κ1) is 9.41. The van der Waals surface area contributed by atoms with Crippen molar-refractivity contribution in [2.45, 2.75) is 6.92 Å². The zero-order valence-corrected chi connectivity index (χ0v) is 9.45. The summed E-state index contributed by atoms with van der Waals surface area (Å²) in [4.78, 5) is 4.46. The minimum Gasteiger partial charge on any atom is -0.241 e. The fourth-order valence-electron chi connectivity index (χ4n) is 1.39. The van der Waals surface area contributed by atoms with E-state index in [1.807, 2.05) is 24.3 Å². The molecule has 1 aromatic heterocycles. The molecule has 0 aliphatic carbocycles. The predicted octanol–water partition coefficient (Wildman–Crippen LogP) is 3.82. The average molecular weight is 248 g/mol. The van der Waals surface area contributed by atoms with Crippen molar-refractivity contribution in [3.05, 3.63) is 52.6 Å². The number of pyridine rings is 1. The highest BCUT2D eigenvalue weighted by molar-refractivity contribution is 9.10. The standard InChI is InChI=1S/C12H10BrN/c1-9-7-8-11(13)14-12(9)10-5-3-2-4-6-10/h2-8H,1H3. The van der Waals surface area contributed by atoms with Gasteiger partial charge in [-0.2, -0.15) is 0 Å². The summed E-state index contributed by atoms with van der Waals surface area (Å²) in [7, 11) is 0. The van der Waals surface area contributed by atoms with Gasteiger partial charge in [-0.1, -0.05) is 36.4 Å². The van der Waals surface area contributed by atoms with Crippen molar-refractivity contribution in [2.75, 3.05) is 0 Å². The van der Waals surface area contributed by atoms with Gasteiger partial charge in [0.1, 0.15) is 4.60 Å². The summed E-state index contributed by atoms with van der Waals surface area (Å²) in [6.07, 6.45) is 0. The SMILES string of the molecule is Cc1ccc(Br)nc1-c1ccccc1. The lowest BCUT2D eigenvalue weighted by Crippen LogP contribution is -1.88. The molecule has 0 unspecified atom stereocenters. The van der Waals surface area contributed by atoms with Crippen LogP contribution in [0.2, 0.25) is 0 Å². The molecule has 0 fully saturated rings. The molecule has 0 bridgehead atoms. The van der Waals surface area contributed by atoms with Crippen molar-refractivity contribution in [2.24, 2.45) is 0 Å². The van der Waals surface area contributed by atoms with Crippen LogP contribution < -0.4 is 0 Å². The van der Waals surface area contributed by atoms with Gasteiger partial charge in [0, 0.05) is 5.56 Å². The average Bonchev–Trinajstić information content (AvgIpc) is 2.23. The molecule has 0 saturated carbocycles. The number of aryl methyl sites for hydroxylation is 1. The normalized spacial score (nSPS) is 10.1. The van der Waals surface area contributed by atoms with E-state index < -0.39 is 0 Å². The molecular weight excluding hydrogens is 238 g/mol. The molecule has 0 amide bonds. The summed E-state index contributed by atoms with van der Waals surface area (Å²) in [5.74, 6) is 0. The van der Waals surface area contributed by atoms with E-state index >= 15 is 0 Å². The molecule has 1 aromatic carbocycles. The van der Waals surface area contributed by atoms with Gasteiger partial charge >= 0.3 is 0 Å². The van der Waals surface area contributed by atoms with Crippen molar-refractivity contribution in [3.63, 3.8) is 0 Å². The van der Waals surface area contributed by atoms with Crippen LogP contribution in [0.15, 0.2) is 47.1 Å². The molecule has 0 atom stereocenters. The number of rotatable bonds is 1. The maximum absolute atomic E-state index is 4.46. The number of halogens is 1. The quantitative estimate of drug-likeness (QED) is 0.699. The maximum Gasteiger partial charge on any atom is 0.106 e. The Morgan fingerprint density at radius 2 is 1.71 bits per heavy atom. The second-order valence-corrected chi connectivity index (χ2v) is 3.98. The lowest BCUT2D eigenvalue weighted by Gasteiger charge is -2.04. The highest BCUT2D eigenvalue weighted by Crippen LogP contribution is 2.22. The Kier molecular flexibility index (Phi) is 2.64. The van der Waals surface area contributed by atoms with Crippen LogP contribution >= 0.6 is 15.9 Å². The zero-order valence-electron chi connectivity index (χ0n) is 7.87. The zero-order chi connectivity index (χ0) is 9.97. The second-order valence-electron chi connectivity index (χ2n) is 3.17. The number of nitrogens with zero attached hydrogens (tertiary/aromatic N) is 1. The van der Waals surface area contributed by atoms with Gasteiger partial charge in [0.15, 0.2) is 0 Å². The van der Waals surface area contributed by atoms with Gasteiger partial charge in [-0.15, -0.1) is 0 Å². The van der Waals surface area contributed by atoms with Gasteiger partial charge in [0.05, 0.1) is 5.69 Å². The van der Waals surface area contributed by atoms with Gasteiger partial charge in [-0.05, 0) is 34.5 Å². The van der Waals surface area contributed by atoms with E-state index in [2.05, 4.69) is 46.0 Å². The van der Waals surface area contributed by atoms with Crippen LogP contribution in [0.25, 0.3) is 11.3 Å². The topological polar surface area (TPSA) is 12.9 Å². The highest BCUT2D eigenvalue weighted by atomic mass is 79.9. The van der Waals surface area contributed by atoms with Crippen LogP contribution in [0.5, 0.6) is 0 Å². The molecule has 0 saturated heterocycles. The van der Waals surface area contributed by atoms with Crippen LogP contribution in [0.3, 0.4) is 0 Å². The Morgan fingerprint density at radius 1 is 1.00 bits per heavy atom. The van der Waals surface area contributed by atoms with Crippen LogP contribution in [-0.4, -0.2) is 4.98 Å². The molecule has 0 N–H and O–H groups in total. The lowest BCUT2D eigenvalue weighted by molar-refractivity contribution is 1.23. The minimum atomic E-state index is 0.877. The van der Waals surface area contributed by atoms with Crippen molar-refractivity contribution < 1.29 is 0 Å². The van der Waals surface area contributed by atoms with Gasteiger partial charge in [0.25, 0.3) is 0 Å². The van der Waals surface area contributed by atoms with Gasteiger partial charge < -0.3 is 0 Å². The Hall–Kier alpha value is -1.15. The van der Waals surface area contributed by atoms with Crippen molar-refractivity contribution in [1.82, 2.24) is 4.98 Å². The molecular formula is C12H10BrN. The fourth-order valence-corrected chi connectivity index (χ4v) is 1.70. The van der Waals surface area contributed by atoms with Crippen LogP contribution in [0, 0.1) is 6.92 Å². The third-order valence-corrected chi connectivity index (χ3v) is 2.55. The maximum atomic E-state index is 4.46. The molecule has 14 heavy (non-hydrogen) atoms. The monoisotopic (exact) mass is 247 g/mol. The van der Waals surface area contributed by atoms with Crippen molar-refractivity contribution in [3.8, 4) is 11.3 Å². The summed E-state index contributed by atoms with van der Waals surface area (Å²) in [5.41, 5.74) is 3.39. The predicted molar refractivity (Wildman–Crippen MR) is 62.1 cm³/mol. The Bertz CT molecular complexity index is 437. The van der Waals surface area contributed by atoms with Gasteiger partial charge in [0.2, 0.25) is 0 Å². The first-order valence-corrected chi connectivity index (χ1v) is 5.25. The van der Waals surface area contributed by atoms with E-state index in [0.29, 0.717) is 0 Å². The first-order chi connectivity index (χ1) is 6.77. The van der Waals surface area contributed by atoms with E-state index in [9.17, 15) is 0 Å². The molecule has 70 valence electrons. The molecule has 1 nitrogen and oxygen atoms in total. The first-order valence-electron chi connectivity index (χ1n) is 4.46. The summed E-state index contributed by atoms with van der Waals surface area (Å²) in [5, 5.41) is 0. The van der Waals surface area contributed by atoms with Crippen LogP contribution in [-0.2, 0) is 0 Å². The second kappa shape index (κ2) is 3.93. The molecule has 2 aromatic rings. The van der Waals surface area contributed by atoms with Crippen LogP contribution in [0.1, 0.15) is 5.56 Å². The van der Waals surface area contributed by atoms with Gasteiger partial charge in [-0.25, -0.2) is 4.98 Å². The van der Waals surface area contributed by atoms with Crippen molar-refractivity contribution >= 4 is 15.9 Å². The number of hydrogen-bond donors (Lipinski definition) is 0. The number of hydrogen-bond acceptors (Lipinski definition) is 1. The highest BCUT2D eigenvalue weighted by Gasteiger charge is 2.02. The third kappa shape index (κ3) is 1.85. The molecule has 2 heteroatoms. The number of aromatic nitrogens is 1.